The van der Waals surface area contributed by atoms with Crippen LogP contribution in [0, 0.1) is 25.2 Å². The number of hydrogen-bond acceptors (Lipinski definition) is 9. The number of carbonyl (C=O) groups excluding carboxylic acids is 2. The Hall–Kier alpha value is -3.36. The van der Waals surface area contributed by atoms with E-state index in [1.165, 1.54) is 23.1 Å². The van der Waals surface area contributed by atoms with Crippen LogP contribution in [-0.4, -0.2) is 27.6 Å². The summed E-state index contributed by atoms with van der Waals surface area (Å²) >= 11 is 15.6. The van der Waals surface area contributed by atoms with Crippen molar-refractivity contribution in [3.05, 3.63) is 85.8 Å². The molecule has 0 saturated heterocycles. The number of nitriles is 1. The van der Waals surface area contributed by atoms with Gasteiger partial charge in [-0.25, -0.2) is 0 Å². The fourth-order valence-corrected chi connectivity index (χ4v) is 7.23. The number of hydrogen-bond donors (Lipinski definition) is 2. The fraction of sp³-hybridized carbons (Fsp3) is 0.250. The SMILES string of the molecule is Cc1cccc(NC(=O)CSc2nnc(N3C(N)=C(C#N)C(c4c(Cl)cccc4Cl)C4=C3CCCC4=O)s2)c1C. The standard InChI is InChI=1S/C28H24Cl2N6O2S2/c1-14-6-3-9-19(15(14)2)33-22(38)13-39-28-35-34-27(40-28)36-20-10-5-11-21(37)25(20)23(16(12-31)26(36)32)24-17(29)7-4-8-18(24)30/h3-4,6-9,23H,5,10-11,13,32H2,1-2H3,(H,33,38). The molecule has 1 aliphatic heterocycles. The number of anilines is 2. The third-order valence-corrected chi connectivity index (χ3v) is 9.70. The Balaban J connectivity index is 1.44. The van der Waals surface area contributed by atoms with Crippen molar-refractivity contribution in [3.8, 4) is 6.07 Å². The summed E-state index contributed by atoms with van der Waals surface area (Å²) in [6.45, 7) is 3.96. The van der Waals surface area contributed by atoms with Crippen LogP contribution in [0.1, 0.15) is 41.9 Å². The molecule has 1 aromatic heterocycles. The molecule has 3 aromatic rings. The average molecular weight is 612 g/mol. The highest BCUT2D eigenvalue weighted by Crippen LogP contribution is 2.49. The van der Waals surface area contributed by atoms with Gasteiger partial charge in [-0.1, -0.05) is 64.5 Å². The van der Waals surface area contributed by atoms with Crippen molar-refractivity contribution in [1.82, 2.24) is 10.2 Å². The van der Waals surface area contributed by atoms with Crippen LogP contribution < -0.4 is 16.0 Å². The van der Waals surface area contributed by atoms with E-state index < -0.39 is 5.92 Å². The summed E-state index contributed by atoms with van der Waals surface area (Å²) < 4.78 is 0.554. The fourth-order valence-electron chi connectivity index (χ4n) is 4.93. The van der Waals surface area contributed by atoms with Gasteiger partial charge in [-0.3, -0.25) is 14.5 Å². The van der Waals surface area contributed by atoms with Crippen LogP contribution in [-0.2, 0) is 9.59 Å². The van der Waals surface area contributed by atoms with Crippen LogP contribution in [0.2, 0.25) is 10.0 Å². The smallest absolute Gasteiger partial charge is 0.234 e. The first kappa shape index (κ1) is 28.2. The maximum atomic E-state index is 13.3. The van der Waals surface area contributed by atoms with E-state index in [-0.39, 0.29) is 28.8 Å². The van der Waals surface area contributed by atoms with E-state index in [0.29, 0.717) is 55.6 Å². The van der Waals surface area contributed by atoms with Gasteiger partial charge in [0.15, 0.2) is 10.1 Å². The van der Waals surface area contributed by atoms with E-state index in [2.05, 4.69) is 21.6 Å². The van der Waals surface area contributed by atoms with Crippen LogP contribution in [0.25, 0.3) is 0 Å². The number of thioether (sulfide) groups is 1. The highest BCUT2D eigenvalue weighted by molar-refractivity contribution is 8.01. The summed E-state index contributed by atoms with van der Waals surface area (Å²) in [5, 5.41) is 22.8. The van der Waals surface area contributed by atoms with Gasteiger partial charge in [-0.15, -0.1) is 10.2 Å². The molecule has 0 radical (unpaired) electrons. The lowest BCUT2D eigenvalue weighted by Gasteiger charge is -2.38. The van der Waals surface area contributed by atoms with Crippen molar-refractivity contribution >= 4 is 68.8 Å². The minimum Gasteiger partial charge on any atom is -0.384 e. The molecule has 40 heavy (non-hydrogen) atoms. The van der Waals surface area contributed by atoms with Crippen LogP contribution in [0.3, 0.4) is 0 Å². The van der Waals surface area contributed by atoms with E-state index in [4.69, 9.17) is 28.9 Å². The Kier molecular flexibility index (Phi) is 8.19. The third kappa shape index (κ3) is 5.22. The van der Waals surface area contributed by atoms with E-state index >= 15 is 0 Å². The second kappa shape index (κ2) is 11.6. The first-order valence-electron chi connectivity index (χ1n) is 12.4. The number of aryl methyl sites for hydroxylation is 1. The molecule has 0 bridgehead atoms. The van der Waals surface area contributed by atoms with E-state index in [9.17, 15) is 14.9 Å². The summed E-state index contributed by atoms with van der Waals surface area (Å²) in [5.41, 5.74) is 11.3. The first-order chi connectivity index (χ1) is 19.2. The van der Waals surface area contributed by atoms with Gasteiger partial charge in [-0.05, 0) is 56.0 Å². The van der Waals surface area contributed by atoms with Gasteiger partial charge in [-0.2, -0.15) is 5.26 Å². The first-order valence-corrected chi connectivity index (χ1v) is 15.0. The van der Waals surface area contributed by atoms with Gasteiger partial charge in [0.25, 0.3) is 0 Å². The van der Waals surface area contributed by atoms with Crippen molar-refractivity contribution in [2.75, 3.05) is 16.0 Å². The molecule has 0 saturated carbocycles. The Morgan fingerprint density at radius 2 is 1.93 bits per heavy atom. The number of benzene rings is 2. The molecule has 1 aliphatic carbocycles. The zero-order valence-corrected chi connectivity index (χ0v) is 24.8. The molecule has 1 amide bonds. The maximum Gasteiger partial charge on any atom is 0.234 e. The number of halogens is 2. The minimum atomic E-state index is -0.777. The monoisotopic (exact) mass is 610 g/mol. The summed E-state index contributed by atoms with van der Waals surface area (Å²) in [5.74, 6) is -0.745. The second-order valence-electron chi connectivity index (χ2n) is 9.39. The Morgan fingerprint density at radius 1 is 1.20 bits per heavy atom. The quantitative estimate of drug-likeness (QED) is 0.303. The van der Waals surface area contributed by atoms with Crippen molar-refractivity contribution in [2.24, 2.45) is 5.73 Å². The van der Waals surface area contributed by atoms with Crippen LogP contribution >= 0.6 is 46.3 Å². The van der Waals surface area contributed by atoms with Crippen molar-refractivity contribution in [2.45, 2.75) is 43.4 Å². The summed E-state index contributed by atoms with van der Waals surface area (Å²) in [4.78, 5) is 27.6. The number of nitrogens with two attached hydrogens (primary N) is 1. The predicted octanol–water partition coefficient (Wildman–Crippen LogP) is 6.50. The second-order valence-corrected chi connectivity index (χ2v) is 12.4. The van der Waals surface area contributed by atoms with Gasteiger partial charge in [0.05, 0.1) is 23.3 Å². The van der Waals surface area contributed by atoms with E-state index in [1.807, 2.05) is 32.0 Å². The summed E-state index contributed by atoms with van der Waals surface area (Å²) in [6.07, 6.45) is 1.53. The molecule has 3 N–H and O–H groups in total. The molecule has 204 valence electrons. The normalized spacial score (nSPS) is 17.1. The molecule has 0 spiro atoms. The topological polar surface area (TPSA) is 125 Å². The number of amides is 1. The van der Waals surface area contributed by atoms with Crippen molar-refractivity contribution < 1.29 is 9.59 Å². The number of Topliss-reactive ketones (excluding diaryl/α,β-unsaturated/α-hetero) is 1. The number of nitrogens with one attached hydrogen (secondary N) is 1. The minimum absolute atomic E-state index is 0.0882. The lowest BCUT2D eigenvalue weighted by Crippen LogP contribution is -2.38. The highest BCUT2D eigenvalue weighted by atomic mass is 35.5. The molecule has 2 aliphatic rings. The molecule has 5 rings (SSSR count). The number of rotatable bonds is 6. The summed E-state index contributed by atoms with van der Waals surface area (Å²) in [6, 6.07) is 13.0. The van der Waals surface area contributed by atoms with E-state index in [1.54, 1.807) is 23.1 Å². The lowest BCUT2D eigenvalue weighted by atomic mass is 9.75. The van der Waals surface area contributed by atoms with Crippen molar-refractivity contribution in [3.63, 3.8) is 0 Å². The maximum absolute atomic E-state index is 13.3. The molecular weight excluding hydrogens is 587 g/mol. The van der Waals surface area contributed by atoms with Gasteiger partial charge >= 0.3 is 0 Å². The molecule has 0 fully saturated rings. The number of carbonyl (C=O) groups is 2. The molecule has 1 atom stereocenters. The van der Waals surface area contributed by atoms with Crippen molar-refractivity contribution in [1.29, 1.82) is 5.26 Å². The largest absolute Gasteiger partial charge is 0.384 e. The van der Waals surface area contributed by atoms with Crippen LogP contribution in [0.4, 0.5) is 10.8 Å². The zero-order valence-electron chi connectivity index (χ0n) is 21.6. The summed E-state index contributed by atoms with van der Waals surface area (Å²) in [7, 11) is 0. The Morgan fingerprint density at radius 3 is 2.65 bits per heavy atom. The molecule has 12 heteroatoms. The predicted molar refractivity (Wildman–Crippen MR) is 160 cm³/mol. The van der Waals surface area contributed by atoms with Gasteiger partial charge < -0.3 is 11.1 Å². The molecule has 8 nitrogen and oxygen atoms in total. The Labute approximate surface area is 249 Å². The molecule has 2 aromatic carbocycles. The van der Waals surface area contributed by atoms with Gasteiger partial charge in [0.1, 0.15) is 5.82 Å². The number of aromatic nitrogens is 2. The van der Waals surface area contributed by atoms with Gasteiger partial charge in [0, 0.05) is 39.0 Å². The lowest BCUT2D eigenvalue weighted by molar-refractivity contribution is -0.116. The molecule has 1 unspecified atom stereocenters. The number of ketones is 1. The number of nitrogens with zero attached hydrogens (tertiary/aromatic N) is 4. The molecule has 2 heterocycles. The third-order valence-electron chi connectivity index (χ3n) is 6.99. The van der Waals surface area contributed by atoms with Crippen LogP contribution in [0.15, 0.2) is 63.4 Å². The Bertz CT molecular complexity index is 1620. The molecular formula is C28H24Cl2N6O2S2. The van der Waals surface area contributed by atoms with Crippen LogP contribution in [0.5, 0.6) is 0 Å². The average Bonchev–Trinajstić information content (AvgIpc) is 3.38. The highest BCUT2D eigenvalue weighted by Gasteiger charge is 2.42. The zero-order chi connectivity index (χ0) is 28.6. The van der Waals surface area contributed by atoms with Gasteiger partial charge in [0.2, 0.25) is 11.0 Å². The number of allylic oxidation sites excluding steroid dienone is 3. The van der Waals surface area contributed by atoms with E-state index in [0.717, 1.165) is 16.8 Å².